The van der Waals surface area contributed by atoms with Crippen LogP contribution in [-0.4, -0.2) is 10.2 Å². The van der Waals surface area contributed by atoms with Crippen molar-refractivity contribution >= 4 is 16.7 Å². The van der Waals surface area contributed by atoms with E-state index in [4.69, 9.17) is 5.73 Å². The molecule has 0 aliphatic heterocycles. The summed E-state index contributed by atoms with van der Waals surface area (Å²) in [4.78, 5) is 0. The Bertz CT molecular complexity index is 926. The highest BCUT2D eigenvalue weighted by molar-refractivity contribution is 5.88. The first-order valence-corrected chi connectivity index (χ1v) is 7.68. The van der Waals surface area contributed by atoms with E-state index in [1.807, 2.05) is 24.3 Å². The smallest absolute Gasteiger partial charge is 0.153 e. The van der Waals surface area contributed by atoms with Crippen LogP contribution >= 0.6 is 0 Å². The fourth-order valence-electron chi connectivity index (χ4n) is 3.06. The van der Waals surface area contributed by atoms with Gasteiger partial charge in [0.1, 0.15) is 0 Å². The number of aromatic amines is 1. The lowest BCUT2D eigenvalue weighted by Gasteiger charge is -1.98. The van der Waals surface area contributed by atoms with Crippen LogP contribution in [-0.2, 0) is 6.42 Å². The molecule has 3 nitrogen and oxygen atoms in total. The number of nitrogens with two attached hydrogens (primary N) is 1. The first kappa shape index (κ1) is 13.6. The topological polar surface area (TPSA) is 54.7 Å². The van der Waals surface area contributed by atoms with E-state index in [9.17, 15) is 0 Å². The van der Waals surface area contributed by atoms with Gasteiger partial charge in [0, 0.05) is 5.39 Å². The van der Waals surface area contributed by atoms with Gasteiger partial charge in [-0.3, -0.25) is 5.10 Å². The lowest BCUT2D eigenvalue weighted by Crippen LogP contribution is -1.82. The largest absolute Gasteiger partial charge is 0.382 e. The zero-order valence-corrected chi connectivity index (χ0v) is 12.7. The Hall–Kier alpha value is -3.07. The van der Waals surface area contributed by atoms with Crippen molar-refractivity contribution in [3.8, 4) is 11.1 Å². The molecule has 0 saturated heterocycles. The number of hydrogen-bond donors (Lipinski definition) is 2. The highest BCUT2D eigenvalue weighted by atomic mass is 15.1. The molecule has 0 bridgehead atoms. The molecule has 0 unspecified atom stereocenters. The Morgan fingerprint density at radius 1 is 0.739 bits per heavy atom. The van der Waals surface area contributed by atoms with E-state index in [2.05, 4.69) is 58.7 Å². The predicted octanol–water partition coefficient (Wildman–Crippen LogP) is 4.40. The van der Waals surface area contributed by atoms with Crippen molar-refractivity contribution in [3.63, 3.8) is 0 Å². The molecule has 1 aliphatic rings. The van der Waals surface area contributed by atoms with Crippen LogP contribution in [0.5, 0.6) is 0 Å². The van der Waals surface area contributed by atoms with Gasteiger partial charge in [-0.05, 0) is 40.8 Å². The van der Waals surface area contributed by atoms with Crippen LogP contribution in [0.1, 0.15) is 11.1 Å². The monoisotopic (exact) mass is 299 g/mol. The van der Waals surface area contributed by atoms with E-state index >= 15 is 0 Å². The van der Waals surface area contributed by atoms with E-state index in [1.54, 1.807) is 0 Å². The molecule has 3 heteroatoms. The van der Waals surface area contributed by atoms with Gasteiger partial charge in [-0.2, -0.15) is 5.10 Å². The van der Waals surface area contributed by atoms with Crippen LogP contribution in [0.4, 0.5) is 5.82 Å². The van der Waals surface area contributed by atoms with Crippen LogP contribution in [0.15, 0.2) is 72.8 Å². The van der Waals surface area contributed by atoms with Gasteiger partial charge in [0.05, 0.1) is 5.52 Å². The summed E-state index contributed by atoms with van der Waals surface area (Å²) in [5.41, 5.74) is 12.3. The zero-order chi connectivity index (χ0) is 15.6. The Labute approximate surface area is 134 Å². The Morgan fingerprint density at radius 3 is 1.96 bits per heavy atom. The molecule has 3 aromatic carbocycles. The van der Waals surface area contributed by atoms with Gasteiger partial charge in [0.2, 0.25) is 0 Å². The number of nitrogens with one attached hydrogen (secondary N) is 1. The SMILES string of the molecule is Nc1n[nH]c2ccccc12.c1ccc2c(c1)Cc1ccccc1-2. The fourth-order valence-corrected chi connectivity index (χ4v) is 3.06. The van der Waals surface area contributed by atoms with Gasteiger partial charge in [-0.15, -0.1) is 0 Å². The number of fused-ring (bicyclic) bond motifs is 4. The van der Waals surface area contributed by atoms with Gasteiger partial charge in [-0.25, -0.2) is 0 Å². The van der Waals surface area contributed by atoms with Crippen molar-refractivity contribution in [1.82, 2.24) is 10.2 Å². The van der Waals surface area contributed by atoms with E-state index in [0.717, 1.165) is 17.3 Å². The average molecular weight is 299 g/mol. The first-order chi connectivity index (χ1) is 11.3. The van der Waals surface area contributed by atoms with Crippen molar-refractivity contribution < 1.29 is 0 Å². The molecule has 1 aliphatic carbocycles. The maximum Gasteiger partial charge on any atom is 0.153 e. The zero-order valence-electron chi connectivity index (χ0n) is 12.7. The maximum absolute atomic E-state index is 5.53. The summed E-state index contributed by atoms with van der Waals surface area (Å²) in [5.74, 6) is 0.565. The summed E-state index contributed by atoms with van der Waals surface area (Å²) in [6.45, 7) is 0. The molecule has 4 aromatic rings. The second kappa shape index (κ2) is 5.61. The molecule has 3 N–H and O–H groups in total. The van der Waals surface area contributed by atoms with E-state index in [1.165, 1.54) is 22.3 Å². The summed E-state index contributed by atoms with van der Waals surface area (Å²) in [5, 5.41) is 7.65. The van der Waals surface area contributed by atoms with E-state index in [-0.39, 0.29) is 0 Å². The van der Waals surface area contributed by atoms with Crippen molar-refractivity contribution in [3.05, 3.63) is 83.9 Å². The fraction of sp³-hybridized carbons (Fsp3) is 0.0500. The third-order valence-electron chi connectivity index (χ3n) is 4.21. The number of rotatable bonds is 0. The lowest BCUT2D eigenvalue weighted by molar-refractivity contribution is 1.13. The normalized spacial score (nSPS) is 11.5. The molecule has 1 aromatic heterocycles. The minimum Gasteiger partial charge on any atom is -0.382 e. The first-order valence-electron chi connectivity index (χ1n) is 7.68. The molecule has 0 spiro atoms. The summed E-state index contributed by atoms with van der Waals surface area (Å²) in [6.07, 6.45) is 1.10. The maximum atomic E-state index is 5.53. The Kier molecular flexibility index (Phi) is 3.31. The van der Waals surface area contributed by atoms with Crippen molar-refractivity contribution in [2.24, 2.45) is 0 Å². The third-order valence-corrected chi connectivity index (χ3v) is 4.21. The summed E-state index contributed by atoms with van der Waals surface area (Å²) < 4.78 is 0. The molecular formula is C20H17N3. The highest BCUT2D eigenvalue weighted by Gasteiger charge is 2.15. The molecule has 0 radical (unpaired) electrons. The Morgan fingerprint density at radius 2 is 1.30 bits per heavy atom. The summed E-state index contributed by atoms with van der Waals surface area (Å²) in [7, 11) is 0. The van der Waals surface area contributed by atoms with Crippen LogP contribution in [0, 0.1) is 0 Å². The number of hydrogen-bond acceptors (Lipinski definition) is 2. The molecule has 1 heterocycles. The lowest BCUT2D eigenvalue weighted by atomic mass is 10.1. The summed E-state index contributed by atoms with van der Waals surface area (Å²) in [6, 6.07) is 25.1. The number of benzene rings is 3. The van der Waals surface area contributed by atoms with Gasteiger partial charge in [0.15, 0.2) is 5.82 Å². The molecular weight excluding hydrogens is 282 g/mol. The van der Waals surface area contributed by atoms with Crippen molar-refractivity contribution in [2.75, 3.05) is 5.73 Å². The second-order valence-electron chi connectivity index (χ2n) is 5.65. The minimum absolute atomic E-state index is 0.565. The summed E-state index contributed by atoms with van der Waals surface area (Å²) >= 11 is 0. The molecule has 0 fully saturated rings. The number of nitrogens with zero attached hydrogens (tertiary/aromatic N) is 1. The van der Waals surface area contributed by atoms with Crippen LogP contribution in [0.2, 0.25) is 0 Å². The molecule has 0 amide bonds. The average Bonchev–Trinajstić information content (AvgIpc) is 3.17. The molecule has 23 heavy (non-hydrogen) atoms. The molecule has 0 saturated carbocycles. The van der Waals surface area contributed by atoms with Crippen LogP contribution in [0.25, 0.3) is 22.0 Å². The highest BCUT2D eigenvalue weighted by Crippen LogP contribution is 2.35. The second-order valence-corrected chi connectivity index (χ2v) is 5.65. The van der Waals surface area contributed by atoms with Crippen molar-refractivity contribution in [2.45, 2.75) is 6.42 Å². The molecule has 0 atom stereocenters. The van der Waals surface area contributed by atoms with Gasteiger partial charge in [-0.1, -0.05) is 60.7 Å². The number of H-pyrrole nitrogens is 1. The molecule has 112 valence electrons. The van der Waals surface area contributed by atoms with Gasteiger partial charge in [0.25, 0.3) is 0 Å². The quantitative estimate of drug-likeness (QED) is 0.445. The van der Waals surface area contributed by atoms with Crippen LogP contribution < -0.4 is 5.73 Å². The van der Waals surface area contributed by atoms with Crippen LogP contribution in [0.3, 0.4) is 0 Å². The van der Waals surface area contributed by atoms with E-state index < -0.39 is 0 Å². The minimum atomic E-state index is 0.565. The Balaban J connectivity index is 0.000000122. The molecule has 5 rings (SSSR count). The third kappa shape index (κ3) is 2.46. The number of aromatic nitrogens is 2. The van der Waals surface area contributed by atoms with Gasteiger partial charge >= 0.3 is 0 Å². The number of para-hydroxylation sites is 1. The predicted molar refractivity (Wildman–Crippen MR) is 95.2 cm³/mol. The van der Waals surface area contributed by atoms with E-state index in [0.29, 0.717) is 5.82 Å². The standard InChI is InChI=1S/C13H10.C7H7N3/c1-3-7-12-10(5-1)9-11-6-2-4-8-13(11)12;8-7-5-3-1-2-4-6(5)9-10-7/h1-8H,9H2;1-4H,(H3,8,9,10). The van der Waals surface area contributed by atoms with Gasteiger partial charge < -0.3 is 5.73 Å². The van der Waals surface area contributed by atoms with Crippen molar-refractivity contribution in [1.29, 1.82) is 0 Å². The number of anilines is 1. The number of nitrogen functional groups attached to an aromatic ring is 1.